The van der Waals surface area contributed by atoms with Crippen molar-refractivity contribution in [1.82, 2.24) is 4.98 Å². The van der Waals surface area contributed by atoms with E-state index >= 15 is 0 Å². The molecule has 1 aromatic carbocycles. The molecule has 0 amide bonds. The van der Waals surface area contributed by atoms with Crippen molar-refractivity contribution < 1.29 is 15.0 Å². The molecule has 0 aliphatic carbocycles. The number of carbonyl (C=O) groups is 1. The van der Waals surface area contributed by atoms with Gasteiger partial charge in [0.05, 0.1) is 0 Å². The van der Waals surface area contributed by atoms with Gasteiger partial charge in [-0.1, -0.05) is 6.92 Å². The summed E-state index contributed by atoms with van der Waals surface area (Å²) < 4.78 is 0. The van der Waals surface area contributed by atoms with Crippen LogP contribution in [0.5, 0.6) is 5.75 Å². The van der Waals surface area contributed by atoms with Crippen LogP contribution in [0, 0.1) is 6.92 Å². The van der Waals surface area contributed by atoms with E-state index in [4.69, 9.17) is 5.11 Å². The lowest BCUT2D eigenvalue weighted by molar-refractivity contribution is -0.137. The predicted octanol–water partition coefficient (Wildman–Crippen LogP) is 3.15. The molecule has 1 unspecified atom stereocenters. The molecule has 1 heterocycles. The van der Waals surface area contributed by atoms with Crippen molar-refractivity contribution in [3.63, 3.8) is 0 Å². The van der Waals surface area contributed by atoms with Crippen LogP contribution < -0.4 is 0 Å². The van der Waals surface area contributed by atoms with Crippen LogP contribution in [-0.4, -0.2) is 21.2 Å². The smallest absolute Gasteiger partial charge is 0.303 e. The zero-order valence-corrected chi connectivity index (χ0v) is 10.5. The molecule has 0 radical (unpaired) electrons. The third kappa shape index (κ3) is 2.32. The average molecular weight is 247 g/mol. The highest BCUT2D eigenvalue weighted by molar-refractivity contribution is 5.86. The Balaban J connectivity index is 2.39. The van der Waals surface area contributed by atoms with Gasteiger partial charge in [0.25, 0.3) is 0 Å². The van der Waals surface area contributed by atoms with Gasteiger partial charge in [0, 0.05) is 23.0 Å². The lowest BCUT2D eigenvalue weighted by Gasteiger charge is -2.10. The number of benzene rings is 1. The topological polar surface area (TPSA) is 73.3 Å². The van der Waals surface area contributed by atoms with Crippen molar-refractivity contribution in [3.8, 4) is 5.75 Å². The first kappa shape index (κ1) is 12.5. The molecule has 1 atom stereocenters. The summed E-state index contributed by atoms with van der Waals surface area (Å²) in [7, 11) is 0. The molecular weight excluding hydrogens is 230 g/mol. The van der Waals surface area contributed by atoms with Gasteiger partial charge >= 0.3 is 5.97 Å². The van der Waals surface area contributed by atoms with E-state index in [1.54, 1.807) is 12.1 Å². The van der Waals surface area contributed by atoms with E-state index < -0.39 is 5.97 Å². The van der Waals surface area contributed by atoms with Gasteiger partial charge in [-0.25, -0.2) is 0 Å². The molecule has 0 fully saturated rings. The number of phenolic OH excluding ortho intramolecular Hbond substituents is 1. The van der Waals surface area contributed by atoms with Crippen LogP contribution in [0.2, 0.25) is 0 Å². The maximum Gasteiger partial charge on any atom is 0.303 e. The van der Waals surface area contributed by atoms with Crippen LogP contribution in [0.4, 0.5) is 0 Å². The summed E-state index contributed by atoms with van der Waals surface area (Å²) in [5, 5.41) is 19.3. The highest BCUT2D eigenvalue weighted by Crippen LogP contribution is 2.33. The molecule has 3 N–H and O–H groups in total. The summed E-state index contributed by atoms with van der Waals surface area (Å²) in [6.07, 6.45) is 0.755. The van der Waals surface area contributed by atoms with E-state index in [1.807, 2.05) is 19.9 Å². The van der Waals surface area contributed by atoms with E-state index in [0.717, 1.165) is 22.2 Å². The lowest BCUT2D eigenvalue weighted by atomic mass is 9.93. The Bertz CT molecular complexity index is 586. The van der Waals surface area contributed by atoms with Gasteiger partial charge in [0.2, 0.25) is 0 Å². The molecule has 2 rings (SSSR count). The Labute approximate surface area is 105 Å². The molecule has 18 heavy (non-hydrogen) atoms. The number of aliphatic carboxylic acids is 1. The Kier molecular flexibility index (Phi) is 3.28. The van der Waals surface area contributed by atoms with Crippen LogP contribution in [0.15, 0.2) is 18.2 Å². The molecular formula is C14H17NO3. The van der Waals surface area contributed by atoms with E-state index in [-0.39, 0.29) is 18.1 Å². The number of hydrogen-bond acceptors (Lipinski definition) is 2. The van der Waals surface area contributed by atoms with Crippen LogP contribution >= 0.6 is 0 Å². The Morgan fingerprint density at radius 3 is 2.83 bits per heavy atom. The van der Waals surface area contributed by atoms with Crippen LogP contribution in [0.3, 0.4) is 0 Å². The number of phenols is 1. The molecule has 0 aliphatic rings. The third-order valence-corrected chi connectivity index (χ3v) is 3.30. The molecule has 1 aromatic heterocycles. The molecule has 4 heteroatoms. The number of aryl methyl sites for hydroxylation is 1. The number of H-pyrrole nitrogens is 1. The summed E-state index contributed by atoms with van der Waals surface area (Å²) in [4.78, 5) is 13.9. The second-order valence-corrected chi connectivity index (χ2v) is 4.73. The predicted molar refractivity (Wildman–Crippen MR) is 70.0 cm³/mol. The van der Waals surface area contributed by atoms with Crippen molar-refractivity contribution in [2.24, 2.45) is 0 Å². The van der Waals surface area contributed by atoms with Crippen molar-refractivity contribution in [2.75, 3.05) is 0 Å². The maximum absolute atomic E-state index is 10.6. The highest BCUT2D eigenvalue weighted by atomic mass is 16.4. The number of fused-ring (bicyclic) bond motifs is 1. The van der Waals surface area contributed by atoms with Gasteiger partial charge < -0.3 is 15.2 Å². The molecule has 0 saturated carbocycles. The standard InChI is InChI=1S/C14H17NO3/c1-8(3-6-13(17)18)14-9(2)15-12-5-4-10(16)7-11(12)14/h4-5,7-8,15-16H,3,6H2,1-2H3,(H,17,18). The molecule has 0 spiro atoms. The van der Waals surface area contributed by atoms with Crippen molar-refractivity contribution >= 4 is 16.9 Å². The first-order valence-electron chi connectivity index (χ1n) is 6.02. The first-order valence-corrected chi connectivity index (χ1v) is 6.02. The van der Waals surface area contributed by atoms with Gasteiger partial charge in [-0.2, -0.15) is 0 Å². The zero-order valence-electron chi connectivity index (χ0n) is 10.5. The molecule has 0 bridgehead atoms. The minimum absolute atomic E-state index is 0.150. The number of hydrogen-bond donors (Lipinski definition) is 3. The number of aromatic amines is 1. The van der Waals surface area contributed by atoms with Gasteiger partial charge in [-0.05, 0) is 43.0 Å². The van der Waals surface area contributed by atoms with Crippen molar-refractivity contribution in [2.45, 2.75) is 32.6 Å². The number of aromatic nitrogens is 1. The summed E-state index contributed by atoms with van der Waals surface area (Å²) >= 11 is 0. The monoisotopic (exact) mass is 247 g/mol. The van der Waals surface area contributed by atoms with E-state index in [9.17, 15) is 9.90 Å². The van der Waals surface area contributed by atoms with Crippen LogP contribution in [0.1, 0.15) is 36.9 Å². The number of rotatable bonds is 4. The van der Waals surface area contributed by atoms with Crippen molar-refractivity contribution in [1.29, 1.82) is 0 Å². The SMILES string of the molecule is Cc1[nH]c2ccc(O)cc2c1C(C)CCC(=O)O. The third-order valence-electron chi connectivity index (χ3n) is 3.30. The van der Waals surface area contributed by atoms with E-state index in [1.165, 1.54) is 0 Å². The van der Waals surface area contributed by atoms with Gasteiger partial charge in [-0.3, -0.25) is 4.79 Å². The van der Waals surface area contributed by atoms with E-state index in [2.05, 4.69) is 4.98 Å². The maximum atomic E-state index is 10.6. The molecule has 4 nitrogen and oxygen atoms in total. The molecule has 0 aliphatic heterocycles. The van der Waals surface area contributed by atoms with Gasteiger partial charge in [0.15, 0.2) is 0 Å². The molecule has 2 aromatic rings. The Morgan fingerprint density at radius 1 is 1.44 bits per heavy atom. The molecule has 0 saturated heterocycles. The van der Waals surface area contributed by atoms with Crippen molar-refractivity contribution in [3.05, 3.63) is 29.5 Å². The summed E-state index contributed by atoms with van der Waals surface area (Å²) in [6.45, 7) is 3.99. The Hall–Kier alpha value is -1.97. The van der Waals surface area contributed by atoms with Crippen LogP contribution in [0.25, 0.3) is 10.9 Å². The van der Waals surface area contributed by atoms with Gasteiger partial charge in [-0.15, -0.1) is 0 Å². The largest absolute Gasteiger partial charge is 0.508 e. The summed E-state index contributed by atoms with van der Waals surface area (Å²) in [5.74, 6) is -0.396. The minimum atomic E-state index is -0.776. The first-order chi connectivity index (χ1) is 8.49. The number of aromatic hydroxyl groups is 1. The number of nitrogens with one attached hydrogen (secondary N) is 1. The number of carboxylic acids is 1. The lowest BCUT2D eigenvalue weighted by Crippen LogP contribution is -2.00. The summed E-state index contributed by atoms with van der Waals surface area (Å²) in [5.41, 5.74) is 3.11. The quantitative estimate of drug-likeness (QED) is 0.777. The normalized spacial score (nSPS) is 12.8. The fourth-order valence-corrected chi connectivity index (χ4v) is 2.45. The number of carboxylic acid groups (broad SMARTS) is 1. The second kappa shape index (κ2) is 4.72. The Morgan fingerprint density at radius 2 is 2.17 bits per heavy atom. The highest BCUT2D eigenvalue weighted by Gasteiger charge is 2.16. The average Bonchev–Trinajstić information content (AvgIpc) is 2.61. The zero-order chi connectivity index (χ0) is 13.3. The van der Waals surface area contributed by atoms with Gasteiger partial charge in [0.1, 0.15) is 5.75 Å². The fraction of sp³-hybridized carbons (Fsp3) is 0.357. The summed E-state index contributed by atoms with van der Waals surface area (Å²) in [6, 6.07) is 5.21. The van der Waals surface area contributed by atoms with Crippen LogP contribution in [-0.2, 0) is 4.79 Å². The minimum Gasteiger partial charge on any atom is -0.508 e. The second-order valence-electron chi connectivity index (χ2n) is 4.73. The van der Waals surface area contributed by atoms with E-state index in [0.29, 0.717) is 6.42 Å². The fourth-order valence-electron chi connectivity index (χ4n) is 2.45. The molecule has 96 valence electrons.